The first-order valence-corrected chi connectivity index (χ1v) is 9.65. The van der Waals surface area contributed by atoms with E-state index in [-0.39, 0.29) is 11.4 Å². The van der Waals surface area contributed by atoms with Crippen molar-refractivity contribution >= 4 is 15.9 Å². The van der Waals surface area contributed by atoms with Gasteiger partial charge in [0.05, 0.1) is 4.90 Å². The Labute approximate surface area is 147 Å². The van der Waals surface area contributed by atoms with Gasteiger partial charge in [0.15, 0.2) is 0 Å². The molecule has 136 valence electrons. The third-order valence-electron chi connectivity index (χ3n) is 3.99. The van der Waals surface area contributed by atoms with E-state index in [1.165, 1.54) is 4.90 Å². The number of sulfone groups is 1. The second-order valence-corrected chi connectivity index (χ2v) is 7.17. The molecule has 0 atom stereocenters. The summed E-state index contributed by atoms with van der Waals surface area (Å²) in [4.78, 5) is 17.8. The van der Waals surface area contributed by atoms with E-state index in [2.05, 4.69) is 10.1 Å². The molecule has 1 amide bonds. The molecular formula is C16H23N5O3S. The van der Waals surface area contributed by atoms with Gasteiger partial charge in [0.25, 0.3) is 5.16 Å². The molecular weight excluding hydrogens is 342 g/mol. The van der Waals surface area contributed by atoms with Gasteiger partial charge in [0.1, 0.15) is 6.33 Å². The van der Waals surface area contributed by atoms with Crippen LogP contribution in [0.2, 0.25) is 0 Å². The van der Waals surface area contributed by atoms with Crippen molar-refractivity contribution in [1.82, 2.24) is 19.7 Å². The molecule has 0 aliphatic heterocycles. The lowest BCUT2D eigenvalue weighted by atomic mass is 10.1. The lowest BCUT2D eigenvalue weighted by Gasteiger charge is -2.17. The Morgan fingerprint density at radius 2 is 1.84 bits per heavy atom. The van der Waals surface area contributed by atoms with Crippen molar-refractivity contribution in [3.8, 4) is 0 Å². The standard InChI is InChI=1S/C16H23N5O3S/c1-4-12-8-7-9-13(10-17)14(12)25(23,24)15-18-11-21(19-15)16(22)20(5-2)6-3/h7-9,11H,4-6,10,17H2,1-3H3. The highest BCUT2D eigenvalue weighted by molar-refractivity contribution is 7.91. The Balaban J connectivity index is 2.51. The van der Waals surface area contributed by atoms with E-state index in [0.29, 0.717) is 30.6 Å². The molecule has 0 saturated carbocycles. The minimum absolute atomic E-state index is 0.0848. The van der Waals surface area contributed by atoms with Gasteiger partial charge < -0.3 is 10.6 Å². The molecule has 8 nitrogen and oxygen atoms in total. The fourth-order valence-corrected chi connectivity index (χ4v) is 4.23. The Kier molecular flexibility index (Phi) is 5.91. The largest absolute Gasteiger partial charge is 0.346 e. The zero-order valence-electron chi connectivity index (χ0n) is 14.6. The summed E-state index contributed by atoms with van der Waals surface area (Å²) >= 11 is 0. The molecule has 0 saturated heterocycles. The van der Waals surface area contributed by atoms with Crippen molar-refractivity contribution in [2.24, 2.45) is 5.73 Å². The smallest absolute Gasteiger partial charge is 0.326 e. The molecule has 0 aliphatic carbocycles. The average Bonchev–Trinajstić information content (AvgIpc) is 3.12. The van der Waals surface area contributed by atoms with Gasteiger partial charge in [-0.2, -0.15) is 4.68 Å². The van der Waals surface area contributed by atoms with Gasteiger partial charge in [0.2, 0.25) is 9.84 Å². The summed E-state index contributed by atoms with van der Waals surface area (Å²) in [6.45, 7) is 6.61. The highest BCUT2D eigenvalue weighted by Gasteiger charge is 2.29. The fourth-order valence-electron chi connectivity index (χ4n) is 2.62. The number of rotatable bonds is 6. The summed E-state index contributed by atoms with van der Waals surface area (Å²) in [7, 11) is -3.97. The van der Waals surface area contributed by atoms with Crippen LogP contribution in [0.4, 0.5) is 4.79 Å². The highest BCUT2D eigenvalue weighted by atomic mass is 32.2. The van der Waals surface area contributed by atoms with Gasteiger partial charge in [-0.3, -0.25) is 0 Å². The van der Waals surface area contributed by atoms with E-state index < -0.39 is 21.0 Å². The van der Waals surface area contributed by atoms with Gasteiger partial charge >= 0.3 is 6.03 Å². The van der Waals surface area contributed by atoms with Gasteiger partial charge in [0, 0.05) is 19.6 Å². The number of aryl methyl sites for hydroxylation is 1. The van der Waals surface area contributed by atoms with E-state index in [0.717, 1.165) is 11.0 Å². The van der Waals surface area contributed by atoms with Crippen molar-refractivity contribution in [3.63, 3.8) is 0 Å². The number of hydrogen-bond donors (Lipinski definition) is 1. The predicted octanol–water partition coefficient (Wildman–Crippen LogP) is 1.44. The van der Waals surface area contributed by atoms with E-state index in [1.807, 2.05) is 20.8 Å². The molecule has 0 bridgehead atoms. The third kappa shape index (κ3) is 3.57. The minimum atomic E-state index is -3.97. The molecule has 25 heavy (non-hydrogen) atoms. The number of nitrogens with two attached hydrogens (primary N) is 1. The molecule has 0 radical (unpaired) electrons. The number of amides is 1. The minimum Gasteiger partial charge on any atom is -0.326 e. The zero-order valence-corrected chi connectivity index (χ0v) is 15.5. The molecule has 1 aromatic heterocycles. The van der Waals surface area contributed by atoms with Crippen LogP contribution in [0.15, 0.2) is 34.6 Å². The van der Waals surface area contributed by atoms with E-state index in [1.54, 1.807) is 18.2 Å². The van der Waals surface area contributed by atoms with Gasteiger partial charge in [-0.1, -0.05) is 25.1 Å². The molecule has 0 fully saturated rings. The van der Waals surface area contributed by atoms with Crippen molar-refractivity contribution in [2.75, 3.05) is 13.1 Å². The molecule has 2 N–H and O–H groups in total. The molecule has 1 aromatic carbocycles. The monoisotopic (exact) mass is 365 g/mol. The van der Waals surface area contributed by atoms with Gasteiger partial charge in [-0.15, -0.1) is 5.10 Å². The summed E-state index contributed by atoms with van der Waals surface area (Å²) in [5.74, 6) is 0. The molecule has 2 rings (SSSR count). The van der Waals surface area contributed by atoms with Crippen LogP contribution in [0.5, 0.6) is 0 Å². The highest BCUT2D eigenvalue weighted by Crippen LogP contribution is 2.26. The first-order chi connectivity index (χ1) is 11.9. The Hall–Kier alpha value is -2.26. The van der Waals surface area contributed by atoms with E-state index in [9.17, 15) is 13.2 Å². The number of benzene rings is 1. The van der Waals surface area contributed by atoms with Crippen LogP contribution in [0.25, 0.3) is 0 Å². The summed E-state index contributed by atoms with van der Waals surface area (Å²) in [5, 5.41) is 3.51. The van der Waals surface area contributed by atoms with Crippen LogP contribution >= 0.6 is 0 Å². The van der Waals surface area contributed by atoms with Crippen molar-refractivity contribution in [2.45, 2.75) is 43.8 Å². The average molecular weight is 365 g/mol. The number of carbonyl (C=O) groups is 1. The van der Waals surface area contributed by atoms with E-state index >= 15 is 0 Å². The van der Waals surface area contributed by atoms with Crippen molar-refractivity contribution in [1.29, 1.82) is 0 Å². The second kappa shape index (κ2) is 7.75. The quantitative estimate of drug-likeness (QED) is 0.829. The SMILES string of the molecule is CCc1cccc(CN)c1S(=O)(=O)c1ncn(C(=O)N(CC)CC)n1. The summed E-state index contributed by atoms with van der Waals surface area (Å²) in [5.41, 5.74) is 6.86. The van der Waals surface area contributed by atoms with Gasteiger partial charge in [-0.25, -0.2) is 18.2 Å². The van der Waals surface area contributed by atoms with Crippen molar-refractivity contribution in [3.05, 3.63) is 35.7 Å². The van der Waals surface area contributed by atoms with Crippen LogP contribution in [-0.4, -0.2) is 47.2 Å². The van der Waals surface area contributed by atoms with E-state index in [4.69, 9.17) is 5.73 Å². The molecule has 9 heteroatoms. The van der Waals surface area contributed by atoms with Gasteiger partial charge in [-0.05, 0) is 31.4 Å². The lowest BCUT2D eigenvalue weighted by Crippen LogP contribution is -2.34. The first kappa shape index (κ1) is 19.1. The normalized spacial score (nSPS) is 11.5. The molecule has 0 spiro atoms. The third-order valence-corrected chi connectivity index (χ3v) is 5.72. The maximum Gasteiger partial charge on any atom is 0.346 e. The molecule has 0 unspecified atom stereocenters. The van der Waals surface area contributed by atoms with Crippen LogP contribution in [0.3, 0.4) is 0 Å². The number of aromatic nitrogens is 3. The maximum atomic E-state index is 13.0. The number of nitrogens with zero attached hydrogens (tertiary/aromatic N) is 4. The Morgan fingerprint density at radius 3 is 2.40 bits per heavy atom. The molecule has 2 aromatic rings. The second-order valence-electron chi connectivity index (χ2n) is 5.39. The van der Waals surface area contributed by atoms with Crippen molar-refractivity contribution < 1.29 is 13.2 Å². The summed E-state index contributed by atoms with van der Waals surface area (Å²) in [6.07, 6.45) is 1.66. The first-order valence-electron chi connectivity index (χ1n) is 8.17. The zero-order chi connectivity index (χ0) is 18.6. The molecule has 0 aliphatic rings. The summed E-state index contributed by atoms with van der Waals surface area (Å²) < 4.78 is 27.0. The number of hydrogen-bond acceptors (Lipinski definition) is 6. The molecule has 1 heterocycles. The Morgan fingerprint density at radius 1 is 1.20 bits per heavy atom. The predicted molar refractivity (Wildman–Crippen MR) is 92.9 cm³/mol. The van der Waals surface area contributed by atoms with Crippen LogP contribution in [0.1, 0.15) is 31.9 Å². The summed E-state index contributed by atoms with van der Waals surface area (Å²) in [6, 6.07) is 4.77. The number of carbonyl (C=O) groups excluding carboxylic acids is 1. The van der Waals surface area contributed by atoms with Crippen LogP contribution in [-0.2, 0) is 22.8 Å². The fraction of sp³-hybridized carbons (Fsp3) is 0.438. The topological polar surface area (TPSA) is 111 Å². The lowest BCUT2D eigenvalue weighted by molar-refractivity contribution is 0.201. The Bertz CT molecular complexity index is 834. The van der Waals surface area contributed by atoms with Crippen LogP contribution < -0.4 is 5.73 Å². The maximum absolute atomic E-state index is 13.0. The van der Waals surface area contributed by atoms with Crippen LogP contribution in [0, 0.1) is 0 Å².